The Balaban J connectivity index is 1.58. The highest BCUT2D eigenvalue weighted by Crippen LogP contribution is 2.53. The number of amides is 4. The number of carbonyl (C=O) groups is 4. The summed E-state index contributed by atoms with van der Waals surface area (Å²) in [6.07, 6.45) is -29.9. The van der Waals surface area contributed by atoms with Crippen LogP contribution in [-0.2, 0) is 54.1 Å². The van der Waals surface area contributed by atoms with Crippen LogP contribution in [0.2, 0.25) is 18.1 Å². The fraction of sp³-hybridized carbons (Fsp3) is 0.585. The number of nitrogens with one attached hydrogen (secondary N) is 2. The van der Waals surface area contributed by atoms with E-state index in [1.807, 2.05) is 121 Å². The summed E-state index contributed by atoms with van der Waals surface area (Å²) >= 11 is 0. The van der Waals surface area contributed by atoms with Crippen molar-refractivity contribution in [2.24, 2.45) is 0 Å². The Kier molecular flexibility index (Phi) is 29.8. The van der Waals surface area contributed by atoms with Crippen LogP contribution in [0.5, 0.6) is 11.5 Å². The van der Waals surface area contributed by atoms with Gasteiger partial charge in [0.1, 0.15) is 35.4 Å². The molecule has 4 aromatic rings. The number of halogens is 12. The number of alkyl halides is 12. The average molecular weight is 1470 g/mol. The van der Waals surface area contributed by atoms with Crippen LogP contribution in [0.1, 0.15) is 109 Å². The minimum absolute atomic E-state index is 0.0467. The number of carbonyl (C=O) groups excluding carboxylic acids is 4. The van der Waals surface area contributed by atoms with Crippen LogP contribution < -0.4 is 26.0 Å². The molecule has 1 aromatic heterocycles. The molecule has 556 valence electrons. The Bertz CT molecular complexity index is 3420. The van der Waals surface area contributed by atoms with Gasteiger partial charge in [-0.2, -0.15) is 57.9 Å². The lowest BCUT2D eigenvalue weighted by Gasteiger charge is -2.42. The van der Waals surface area contributed by atoms with Crippen LogP contribution in [0, 0.1) is 11.3 Å². The largest absolute Gasteiger partial charge is 0.497 e. The van der Waals surface area contributed by atoms with Gasteiger partial charge in [0.2, 0.25) is 0 Å². The summed E-state index contributed by atoms with van der Waals surface area (Å²) in [5.41, 5.74) is -2.32. The molecule has 1 aliphatic heterocycles. The molecule has 1 aliphatic rings. The fourth-order valence-electron chi connectivity index (χ4n) is 10.8. The van der Waals surface area contributed by atoms with E-state index in [1.165, 1.54) is 19.5 Å². The smallest absolute Gasteiger partial charge is 0.471 e. The number of nitriles is 1. The van der Waals surface area contributed by atoms with E-state index >= 15 is 0 Å². The number of H-pyrrole nitrogens is 1. The molecule has 4 amide bonds. The van der Waals surface area contributed by atoms with Crippen LogP contribution in [0.25, 0.3) is 0 Å². The maximum Gasteiger partial charge on any atom is 0.471 e. The molecule has 5 rings (SSSR count). The predicted octanol–water partition coefficient (Wildman–Crippen LogP) is 11.5. The van der Waals surface area contributed by atoms with Gasteiger partial charge in [-0.3, -0.25) is 33.5 Å². The average Bonchev–Trinajstić information content (AvgIpc) is 1.23. The predicted molar refractivity (Wildman–Crippen MR) is 345 cm³/mol. The van der Waals surface area contributed by atoms with Crippen molar-refractivity contribution in [1.29, 1.82) is 5.26 Å². The van der Waals surface area contributed by atoms with Crippen molar-refractivity contribution in [3.05, 3.63) is 128 Å². The van der Waals surface area contributed by atoms with Gasteiger partial charge < -0.3 is 52.4 Å². The number of methoxy groups -OCH3 is 2. The molecule has 0 aliphatic carbocycles. The number of hydrogen-bond donors (Lipinski definition) is 2. The minimum atomic E-state index is -5.63. The topological polar surface area (TPSA) is 237 Å². The molecule has 5 atom stereocenters. The first-order valence-corrected chi connectivity index (χ1v) is 35.9. The zero-order valence-electron chi connectivity index (χ0n) is 57.1. The zero-order chi connectivity index (χ0) is 74.9. The van der Waals surface area contributed by atoms with Crippen molar-refractivity contribution >= 4 is 40.5 Å². The molecule has 100 heavy (non-hydrogen) atoms. The first-order valence-electron chi connectivity index (χ1n) is 31.9. The standard InChI is InChI=1S/C65H85F12N8O13PSi/c1-42(2)85(43(3)4)99(95-39-17-31-78)97-51-50(41-94-61(45-20-13-12-14-21-45,46-22-26-48(92-8)27-23-46)47-24-28-49(93-9)29-25-47)96-54(52(51)98-100(10,11)60(5,6)7)84-40-44(53(86)80-59(84)91)30-38-83(58(90)65(75,76)77)37-19-36-82(57(89)64(72,73)74)34-16-15-33-81(56(88)63(69,70)71)35-18-32-79-55(87)62(66,67)68/h12-14,20-29,40,42-43,50-52,54H,15-19,30,32-39,41H2,1-11H3,(H,79,87)(H,80,86,91)/t50-,51-,52-,54-,99?/m1/s1. The van der Waals surface area contributed by atoms with Crippen LogP contribution in [0.3, 0.4) is 0 Å². The number of aromatic amines is 1. The Morgan fingerprint density at radius 2 is 1.12 bits per heavy atom. The number of hydrogen-bond acceptors (Lipinski definition) is 15. The Labute approximate surface area is 573 Å². The van der Waals surface area contributed by atoms with Gasteiger partial charge in [0.15, 0.2) is 14.5 Å². The molecule has 2 N–H and O–H groups in total. The normalized spacial score (nSPS) is 16.7. The van der Waals surface area contributed by atoms with Crippen molar-refractivity contribution in [3.8, 4) is 17.6 Å². The Morgan fingerprint density at radius 3 is 1.56 bits per heavy atom. The number of ether oxygens (including phenoxy) is 4. The zero-order valence-corrected chi connectivity index (χ0v) is 59.0. The minimum Gasteiger partial charge on any atom is -0.497 e. The first kappa shape index (κ1) is 83.5. The molecule has 1 saturated heterocycles. The molecule has 1 fully saturated rings. The van der Waals surface area contributed by atoms with Gasteiger partial charge in [-0.15, -0.1) is 0 Å². The second-order valence-electron chi connectivity index (χ2n) is 25.4. The van der Waals surface area contributed by atoms with Gasteiger partial charge in [0, 0.05) is 69.7 Å². The lowest BCUT2D eigenvalue weighted by molar-refractivity contribution is -0.187. The van der Waals surface area contributed by atoms with Gasteiger partial charge >= 0.3 is 54.0 Å². The van der Waals surface area contributed by atoms with E-state index in [9.17, 15) is 86.7 Å². The molecule has 35 heteroatoms. The second-order valence-corrected chi connectivity index (χ2v) is 31.6. The van der Waals surface area contributed by atoms with E-state index in [0.717, 1.165) is 10.8 Å². The highest BCUT2D eigenvalue weighted by atomic mass is 31.2. The van der Waals surface area contributed by atoms with Crippen molar-refractivity contribution < 1.29 is 104 Å². The molecule has 0 saturated carbocycles. The molecule has 3 aromatic carbocycles. The lowest BCUT2D eigenvalue weighted by Crippen LogP contribution is -2.51. The third kappa shape index (κ3) is 22.4. The van der Waals surface area contributed by atoms with Gasteiger partial charge in [0.05, 0.1) is 39.9 Å². The molecular formula is C65H85F12N8O13PSi. The van der Waals surface area contributed by atoms with Crippen LogP contribution in [0.4, 0.5) is 52.7 Å². The van der Waals surface area contributed by atoms with Crippen molar-refractivity contribution in [3.63, 3.8) is 0 Å². The molecule has 0 radical (unpaired) electrons. The summed E-state index contributed by atoms with van der Waals surface area (Å²) in [6, 6.07) is 25.0. The SMILES string of the molecule is COc1ccc(C(OC[C@H]2O[C@@H](n3cc(CCN(CCCN(CCCCN(CCCNC(=O)C(F)(F)F)C(=O)C(F)(F)F)C(=O)C(F)(F)F)C(=O)C(F)(F)F)c(=O)[nH]c3=O)[C@H](O[Si](C)(C)C(C)(C)C)[C@@H]2OP(OCCC#N)N(C(C)C)C(C)C)(c2ccccc2)c2ccc(OC)cc2)cc1. The third-order valence-corrected chi connectivity index (χ3v) is 23.3. The van der Waals surface area contributed by atoms with E-state index in [0.29, 0.717) is 28.2 Å². The monoisotopic (exact) mass is 1470 g/mol. The van der Waals surface area contributed by atoms with Gasteiger partial charge in [-0.1, -0.05) is 75.4 Å². The molecule has 2 heterocycles. The summed E-state index contributed by atoms with van der Waals surface area (Å²) in [4.78, 5) is 80.2. The van der Waals surface area contributed by atoms with E-state index in [1.54, 1.807) is 24.3 Å². The number of nitrogens with zero attached hydrogens (tertiary/aromatic N) is 6. The van der Waals surface area contributed by atoms with Gasteiger partial charge in [0.25, 0.3) is 14.1 Å². The van der Waals surface area contributed by atoms with Gasteiger partial charge in [-0.05, 0) is 119 Å². The van der Waals surface area contributed by atoms with Crippen molar-refractivity contribution in [2.45, 2.75) is 172 Å². The Hall–Kier alpha value is -7.12. The van der Waals surface area contributed by atoms with Crippen LogP contribution in [-0.4, -0.2) is 189 Å². The summed E-state index contributed by atoms with van der Waals surface area (Å²) in [6.45, 7) is 10.3. The summed E-state index contributed by atoms with van der Waals surface area (Å²) in [7, 11) is -2.28. The van der Waals surface area contributed by atoms with Gasteiger partial charge in [-0.25, -0.2) is 9.46 Å². The maximum atomic E-state index is 14.6. The fourth-order valence-corrected chi connectivity index (χ4v) is 13.8. The number of rotatable bonds is 35. The number of unbranched alkanes of at least 4 members (excludes halogenated alkanes) is 1. The van der Waals surface area contributed by atoms with E-state index < -0.39 is 195 Å². The maximum absolute atomic E-state index is 14.6. The molecular weight excluding hydrogens is 1390 g/mol. The highest BCUT2D eigenvalue weighted by molar-refractivity contribution is 7.44. The lowest BCUT2D eigenvalue weighted by atomic mass is 9.80. The summed E-state index contributed by atoms with van der Waals surface area (Å²) < 4.78 is 213. The summed E-state index contributed by atoms with van der Waals surface area (Å²) in [5.74, 6) is -8.90. The van der Waals surface area contributed by atoms with E-state index in [-0.39, 0.29) is 46.4 Å². The van der Waals surface area contributed by atoms with Crippen LogP contribution >= 0.6 is 8.53 Å². The van der Waals surface area contributed by atoms with E-state index in [2.05, 4.69) is 11.1 Å². The molecule has 1 unspecified atom stereocenters. The quantitative estimate of drug-likeness (QED) is 0.0143. The van der Waals surface area contributed by atoms with Crippen molar-refractivity contribution in [2.75, 3.05) is 73.2 Å². The molecule has 21 nitrogen and oxygen atoms in total. The summed E-state index contributed by atoms with van der Waals surface area (Å²) in [5, 5.41) is 10.5. The van der Waals surface area contributed by atoms with E-state index in [4.69, 9.17) is 32.4 Å². The second kappa shape index (κ2) is 35.7. The Morgan fingerprint density at radius 1 is 0.660 bits per heavy atom. The number of benzene rings is 3. The first-order chi connectivity index (χ1) is 46.5. The number of aromatic nitrogens is 2. The molecule has 0 bridgehead atoms. The highest BCUT2D eigenvalue weighted by Gasteiger charge is 2.55. The molecule has 0 spiro atoms. The van der Waals surface area contributed by atoms with Crippen molar-refractivity contribution in [1.82, 2.24) is 34.2 Å². The van der Waals surface area contributed by atoms with Crippen LogP contribution in [0.15, 0.2) is 94.6 Å². The third-order valence-electron chi connectivity index (χ3n) is 16.7.